The molecule has 2 heterocycles. The minimum atomic E-state index is 0.730. The molecule has 0 radical (unpaired) electrons. The van der Waals surface area contributed by atoms with Crippen molar-refractivity contribution in [1.29, 1.82) is 0 Å². The minimum Gasteiger partial charge on any atom is -0.290 e. The van der Waals surface area contributed by atoms with Crippen molar-refractivity contribution >= 4 is 0 Å². The van der Waals surface area contributed by atoms with Crippen LogP contribution in [-0.4, -0.2) is 42.6 Å². The molecule has 24 heavy (non-hydrogen) atoms. The highest BCUT2D eigenvalue weighted by Gasteiger charge is 2.27. The van der Waals surface area contributed by atoms with Gasteiger partial charge in [0.25, 0.3) is 0 Å². The molecule has 0 aromatic heterocycles. The zero-order chi connectivity index (χ0) is 16.2. The van der Waals surface area contributed by atoms with Crippen molar-refractivity contribution < 1.29 is 0 Å². The number of likely N-dealkylation sites (tertiary alicyclic amines) is 2. The molecule has 2 saturated heterocycles. The second kappa shape index (κ2) is 7.50. The first-order valence-corrected chi connectivity index (χ1v) is 9.43. The average Bonchev–Trinajstić information content (AvgIpc) is 3.12. The van der Waals surface area contributed by atoms with E-state index in [4.69, 9.17) is 0 Å². The van der Waals surface area contributed by atoms with Gasteiger partial charge in [-0.1, -0.05) is 60.7 Å². The first-order chi connectivity index (χ1) is 11.9. The molecule has 2 heteroatoms. The minimum absolute atomic E-state index is 0.730. The van der Waals surface area contributed by atoms with E-state index < -0.39 is 0 Å². The summed E-state index contributed by atoms with van der Waals surface area (Å²) in [6, 6.07) is 22.1. The summed E-state index contributed by atoms with van der Waals surface area (Å²) in [5.41, 5.74) is 3.05. The Morgan fingerprint density at radius 1 is 0.625 bits per heavy atom. The van der Waals surface area contributed by atoms with E-state index in [0.717, 1.165) is 18.5 Å². The number of hydrogen-bond acceptors (Lipinski definition) is 2. The Morgan fingerprint density at radius 3 is 1.75 bits per heavy atom. The lowest BCUT2D eigenvalue weighted by Gasteiger charge is -2.34. The molecule has 0 N–H and O–H groups in total. The van der Waals surface area contributed by atoms with Crippen molar-refractivity contribution in [3.63, 3.8) is 0 Å². The van der Waals surface area contributed by atoms with Crippen molar-refractivity contribution in [2.24, 2.45) is 0 Å². The smallest absolute Gasteiger partial charge is 0.0506 e. The maximum absolute atomic E-state index is 2.66. The number of nitrogens with zero attached hydrogens (tertiary/aromatic N) is 2. The van der Waals surface area contributed by atoms with E-state index in [1.165, 1.54) is 56.6 Å². The maximum Gasteiger partial charge on any atom is 0.0506 e. The van der Waals surface area contributed by atoms with Crippen LogP contribution in [0.1, 0.15) is 42.2 Å². The number of hydrogen-bond donors (Lipinski definition) is 0. The van der Waals surface area contributed by atoms with Crippen molar-refractivity contribution in [1.82, 2.24) is 9.80 Å². The van der Waals surface area contributed by atoms with E-state index >= 15 is 0 Å². The second-order valence-electron chi connectivity index (χ2n) is 7.42. The monoisotopic (exact) mass is 320 g/mol. The fraction of sp³-hybridized carbons (Fsp3) is 0.455. The summed E-state index contributed by atoms with van der Waals surface area (Å²) in [7, 11) is 0. The van der Waals surface area contributed by atoms with Gasteiger partial charge in [0.05, 0.1) is 6.67 Å². The lowest BCUT2D eigenvalue weighted by atomic mass is 9.90. The van der Waals surface area contributed by atoms with E-state index in [1.807, 2.05) is 0 Å². The van der Waals surface area contributed by atoms with E-state index in [9.17, 15) is 0 Å². The normalized spacial score (nSPS) is 23.6. The first kappa shape index (κ1) is 15.9. The maximum atomic E-state index is 2.66. The zero-order valence-corrected chi connectivity index (χ0v) is 14.5. The Bertz CT molecular complexity index is 617. The highest BCUT2D eigenvalue weighted by molar-refractivity contribution is 5.21. The molecule has 0 saturated carbocycles. The lowest BCUT2D eigenvalue weighted by molar-refractivity contribution is 0.123. The lowest BCUT2D eigenvalue weighted by Crippen LogP contribution is -2.41. The van der Waals surface area contributed by atoms with E-state index in [2.05, 4.69) is 70.5 Å². The molecule has 4 rings (SSSR count). The number of benzene rings is 2. The molecule has 1 unspecified atom stereocenters. The quantitative estimate of drug-likeness (QED) is 0.828. The van der Waals surface area contributed by atoms with Gasteiger partial charge in [0.15, 0.2) is 0 Å². The fourth-order valence-electron chi connectivity index (χ4n) is 4.37. The second-order valence-corrected chi connectivity index (χ2v) is 7.42. The van der Waals surface area contributed by atoms with Gasteiger partial charge in [-0.15, -0.1) is 0 Å². The third-order valence-corrected chi connectivity index (χ3v) is 5.80. The molecule has 2 aliphatic heterocycles. The van der Waals surface area contributed by atoms with Gasteiger partial charge in [0, 0.05) is 13.1 Å². The van der Waals surface area contributed by atoms with Crippen LogP contribution in [0.4, 0.5) is 0 Å². The molecule has 0 bridgehead atoms. The summed E-state index contributed by atoms with van der Waals surface area (Å²) >= 11 is 0. The number of rotatable bonds is 4. The average molecular weight is 320 g/mol. The molecule has 2 aromatic rings. The van der Waals surface area contributed by atoms with Gasteiger partial charge in [-0.3, -0.25) is 9.80 Å². The Balaban J connectivity index is 1.26. The van der Waals surface area contributed by atoms with Gasteiger partial charge >= 0.3 is 0 Å². The Labute approximate surface area is 146 Å². The standard InChI is InChI=1S/C22H28N2/c1-3-7-19(8-4-1)21-11-14-23(15-12-21)18-24-16-13-22(17-24)20-9-5-2-6-10-20/h1-10,21-22H,11-18H2. The van der Waals surface area contributed by atoms with Crippen LogP contribution in [0.2, 0.25) is 0 Å². The largest absolute Gasteiger partial charge is 0.290 e. The molecule has 126 valence electrons. The van der Waals surface area contributed by atoms with Crippen LogP contribution >= 0.6 is 0 Å². The van der Waals surface area contributed by atoms with E-state index in [0.29, 0.717) is 0 Å². The van der Waals surface area contributed by atoms with Crippen LogP contribution in [0, 0.1) is 0 Å². The molecule has 2 nitrogen and oxygen atoms in total. The SMILES string of the molecule is c1ccc(C2CCN(CN3CCC(c4ccccc4)C3)CC2)cc1. The van der Waals surface area contributed by atoms with Crippen LogP contribution in [0.15, 0.2) is 60.7 Å². The van der Waals surface area contributed by atoms with Crippen molar-refractivity contribution in [3.8, 4) is 0 Å². The Morgan fingerprint density at radius 2 is 1.12 bits per heavy atom. The van der Waals surface area contributed by atoms with Gasteiger partial charge in [0.2, 0.25) is 0 Å². The van der Waals surface area contributed by atoms with Gasteiger partial charge in [-0.05, 0) is 55.3 Å². The summed E-state index contributed by atoms with van der Waals surface area (Å²) in [5, 5.41) is 0. The van der Waals surface area contributed by atoms with Gasteiger partial charge in [0.1, 0.15) is 0 Å². The van der Waals surface area contributed by atoms with Gasteiger partial charge in [-0.25, -0.2) is 0 Å². The Kier molecular flexibility index (Phi) is 4.96. The van der Waals surface area contributed by atoms with Crippen LogP contribution in [0.25, 0.3) is 0 Å². The van der Waals surface area contributed by atoms with Gasteiger partial charge in [-0.2, -0.15) is 0 Å². The molecule has 0 aliphatic carbocycles. The molecule has 2 aromatic carbocycles. The summed E-state index contributed by atoms with van der Waals surface area (Å²) in [4.78, 5) is 5.31. The topological polar surface area (TPSA) is 6.48 Å². The number of piperidine rings is 1. The van der Waals surface area contributed by atoms with Crippen LogP contribution in [-0.2, 0) is 0 Å². The summed E-state index contributed by atoms with van der Waals surface area (Å²) in [5.74, 6) is 1.49. The fourth-order valence-corrected chi connectivity index (χ4v) is 4.37. The molecule has 2 aliphatic rings. The van der Waals surface area contributed by atoms with Crippen LogP contribution < -0.4 is 0 Å². The van der Waals surface area contributed by atoms with Gasteiger partial charge < -0.3 is 0 Å². The van der Waals surface area contributed by atoms with Crippen molar-refractivity contribution in [2.45, 2.75) is 31.1 Å². The molecular formula is C22H28N2. The summed E-state index contributed by atoms with van der Waals surface area (Å²) in [6.45, 7) is 6.11. The van der Waals surface area contributed by atoms with Crippen molar-refractivity contribution in [2.75, 3.05) is 32.8 Å². The van der Waals surface area contributed by atoms with Crippen molar-refractivity contribution in [3.05, 3.63) is 71.8 Å². The zero-order valence-electron chi connectivity index (χ0n) is 14.5. The molecule has 2 fully saturated rings. The predicted molar refractivity (Wildman–Crippen MR) is 100 cm³/mol. The van der Waals surface area contributed by atoms with E-state index in [1.54, 1.807) is 0 Å². The van der Waals surface area contributed by atoms with E-state index in [-0.39, 0.29) is 0 Å². The first-order valence-electron chi connectivity index (χ1n) is 9.43. The molecule has 1 atom stereocenters. The highest BCUT2D eigenvalue weighted by Crippen LogP contribution is 2.30. The van der Waals surface area contributed by atoms with Crippen LogP contribution in [0.3, 0.4) is 0 Å². The molecule has 0 spiro atoms. The summed E-state index contributed by atoms with van der Waals surface area (Å²) in [6.07, 6.45) is 3.92. The summed E-state index contributed by atoms with van der Waals surface area (Å²) < 4.78 is 0. The predicted octanol–water partition coefficient (Wildman–Crippen LogP) is 4.31. The molecule has 0 amide bonds. The molecular weight excluding hydrogens is 292 g/mol. The third kappa shape index (κ3) is 3.71. The third-order valence-electron chi connectivity index (χ3n) is 5.80. The highest BCUT2D eigenvalue weighted by atomic mass is 15.3. The Hall–Kier alpha value is -1.64. The van der Waals surface area contributed by atoms with Crippen LogP contribution in [0.5, 0.6) is 0 Å².